The molecule has 32 heavy (non-hydrogen) atoms. The maximum absolute atomic E-state index is 13.1. The topological polar surface area (TPSA) is 128 Å². The molecule has 2 aliphatic rings. The maximum Gasteiger partial charge on any atom is 0.265 e. The molecule has 0 spiro atoms. The normalized spacial score (nSPS) is 25.2. The summed E-state index contributed by atoms with van der Waals surface area (Å²) in [6.45, 7) is 2.52. The minimum Gasteiger partial charge on any atom is -0.388 e. The quantitative estimate of drug-likeness (QED) is 0.629. The lowest BCUT2D eigenvalue weighted by Gasteiger charge is -2.31. The molecule has 2 N–H and O–H groups in total. The van der Waals surface area contributed by atoms with Crippen molar-refractivity contribution >= 4 is 42.7 Å². The molecule has 1 aliphatic heterocycles. The van der Waals surface area contributed by atoms with E-state index in [1.807, 2.05) is 0 Å². The van der Waals surface area contributed by atoms with Gasteiger partial charge in [-0.2, -0.15) is 5.26 Å². The zero-order chi connectivity index (χ0) is 23.3. The van der Waals surface area contributed by atoms with Crippen molar-refractivity contribution < 1.29 is 13.5 Å². The number of piperidine rings is 1. The van der Waals surface area contributed by atoms with Gasteiger partial charge >= 0.3 is 0 Å². The average Bonchev–Trinajstić information content (AvgIpc) is 3.07. The van der Waals surface area contributed by atoms with Crippen molar-refractivity contribution in [2.45, 2.75) is 56.7 Å². The number of hydrogen-bond acceptors (Lipinski definition) is 7. The van der Waals surface area contributed by atoms with Crippen LogP contribution in [0.15, 0.2) is 21.5 Å². The van der Waals surface area contributed by atoms with E-state index >= 15 is 0 Å². The number of halogens is 1. The van der Waals surface area contributed by atoms with E-state index in [2.05, 4.69) is 32.3 Å². The predicted octanol–water partition coefficient (Wildman–Crippen LogP) is 2.34. The Balaban J connectivity index is 1.77. The molecular formula is C21H26BrN5O4S. The van der Waals surface area contributed by atoms with E-state index in [-0.39, 0.29) is 17.2 Å². The Bertz CT molecular complexity index is 1260. The van der Waals surface area contributed by atoms with Gasteiger partial charge in [-0.15, -0.1) is 0 Å². The number of anilines is 1. The van der Waals surface area contributed by atoms with Crippen LogP contribution in [0.5, 0.6) is 0 Å². The van der Waals surface area contributed by atoms with Crippen molar-refractivity contribution in [2.24, 2.45) is 0 Å². The molecule has 0 amide bonds. The molecule has 3 heterocycles. The number of fused-ring (bicyclic) bond motifs is 1. The minimum absolute atomic E-state index is 0.0461. The second-order valence-corrected chi connectivity index (χ2v) is 11.7. The number of sulfonamides is 1. The second kappa shape index (κ2) is 8.41. The van der Waals surface area contributed by atoms with E-state index in [9.17, 15) is 23.6 Å². The molecule has 1 saturated heterocycles. The standard InChI is InChI=1S/C21H26BrN5O4S/c1-21(29)7-3-4-17(21)27-18-13(10-16(22)20(27)28)12-24-19(15(18)11-23)25-14-5-8-26(9-6-14)32(2,30)31/h10,12,14,17,29H,3-9H2,1-2H3,(H,24,25)/t17-,21-/m1/s1. The third kappa shape index (κ3) is 4.17. The molecule has 172 valence electrons. The highest BCUT2D eigenvalue weighted by Crippen LogP contribution is 2.41. The largest absolute Gasteiger partial charge is 0.388 e. The lowest BCUT2D eigenvalue weighted by atomic mass is 9.99. The van der Waals surface area contributed by atoms with Crippen molar-refractivity contribution in [3.63, 3.8) is 0 Å². The van der Waals surface area contributed by atoms with Crippen LogP contribution in [0.25, 0.3) is 10.9 Å². The van der Waals surface area contributed by atoms with Crippen molar-refractivity contribution in [2.75, 3.05) is 24.7 Å². The van der Waals surface area contributed by atoms with E-state index < -0.39 is 21.7 Å². The number of aliphatic hydroxyl groups is 1. The fourth-order valence-corrected chi connectivity index (χ4v) is 6.18. The number of nitrogens with zero attached hydrogens (tertiary/aromatic N) is 4. The summed E-state index contributed by atoms with van der Waals surface area (Å²) in [6.07, 6.45) is 6.00. The number of nitrogens with one attached hydrogen (secondary N) is 1. The Morgan fingerprint density at radius 2 is 2.03 bits per heavy atom. The van der Waals surface area contributed by atoms with Crippen LogP contribution in [-0.2, 0) is 10.0 Å². The Morgan fingerprint density at radius 3 is 2.59 bits per heavy atom. The van der Waals surface area contributed by atoms with Gasteiger partial charge < -0.3 is 10.4 Å². The van der Waals surface area contributed by atoms with E-state index in [0.717, 1.165) is 6.42 Å². The third-order valence-corrected chi connectivity index (χ3v) is 8.46. The van der Waals surface area contributed by atoms with Crippen molar-refractivity contribution in [1.29, 1.82) is 5.26 Å². The van der Waals surface area contributed by atoms with Gasteiger partial charge in [0.1, 0.15) is 17.5 Å². The van der Waals surface area contributed by atoms with E-state index in [1.54, 1.807) is 23.8 Å². The third-order valence-electron chi connectivity index (χ3n) is 6.59. The van der Waals surface area contributed by atoms with Crippen LogP contribution >= 0.6 is 15.9 Å². The van der Waals surface area contributed by atoms with Crippen LogP contribution in [0, 0.1) is 11.3 Å². The summed E-state index contributed by atoms with van der Waals surface area (Å²) in [7, 11) is -3.23. The van der Waals surface area contributed by atoms with Crippen LogP contribution in [0.1, 0.15) is 50.6 Å². The summed E-state index contributed by atoms with van der Waals surface area (Å²) in [5.41, 5.74) is -0.640. The van der Waals surface area contributed by atoms with E-state index in [1.165, 1.54) is 10.6 Å². The molecule has 2 aromatic heterocycles. The summed E-state index contributed by atoms with van der Waals surface area (Å²) in [5, 5.41) is 24.9. The van der Waals surface area contributed by atoms with Gasteiger partial charge in [0.05, 0.1) is 27.9 Å². The van der Waals surface area contributed by atoms with Gasteiger partial charge in [-0.3, -0.25) is 9.36 Å². The van der Waals surface area contributed by atoms with Gasteiger partial charge in [0.25, 0.3) is 5.56 Å². The van der Waals surface area contributed by atoms with Crippen LogP contribution < -0.4 is 10.9 Å². The molecule has 4 rings (SSSR count). The molecule has 9 nitrogen and oxygen atoms in total. The summed E-state index contributed by atoms with van der Waals surface area (Å²) in [5.74, 6) is 0.367. The maximum atomic E-state index is 13.1. The summed E-state index contributed by atoms with van der Waals surface area (Å²) in [6, 6.07) is 3.37. The molecule has 0 radical (unpaired) electrons. The first-order valence-electron chi connectivity index (χ1n) is 10.6. The van der Waals surface area contributed by atoms with Gasteiger partial charge in [0.15, 0.2) is 0 Å². The first-order chi connectivity index (χ1) is 15.0. The zero-order valence-electron chi connectivity index (χ0n) is 18.0. The van der Waals surface area contributed by atoms with Crippen LogP contribution in [0.2, 0.25) is 0 Å². The van der Waals surface area contributed by atoms with Crippen molar-refractivity contribution in [3.8, 4) is 6.07 Å². The van der Waals surface area contributed by atoms with Gasteiger partial charge in [-0.1, -0.05) is 0 Å². The molecule has 0 bridgehead atoms. The summed E-state index contributed by atoms with van der Waals surface area (Å²) < 4.78 is 26.9. The predicted molar refractivity (Wildman–Crippen MR) is 125 cm³/mol. The van der Waals surface area contributed by atoms with Crippen molar-refractivity contribution in [1.82, 2.24) is 13.9 Å². The highest BCUT2D eigenvalue weighted by Gasteiger charge is 2.40. The zero-order valence-corrected chi connectivity index (χ0v) is 20.4. The Hall–Kier alpha value is -2.00. The van der Waals surface area contributed by atoms with Crippen LogP contribution in [-0.4, -0.2) is 58.4 Å². The lowest BCUT2D eigenvalue weighted by molar-refractivity contribution is 0.0268. The average molecular weight is 524 g/mol. The molecule has 2 aromatic rings. The SMILES string of the molecule is C[C@@]1(O)CCC[C@H]1n1c(=O)c(Br)cc2cnc(NC3CCN(S(C)(=O)=O)CC3)c(C#N)c21. The molecule has 1 aliphatic carbocycles. The molecule has 0 unspecified atom stereocenters. The number of pyridine rings is 2. The molecule has 11 heteroatoms. The highest BCUT2D eigenvalue weighted by atomic mass is 79.9. The number of nitriles is 1. The monoisotopic (exact) mass is 523 g/mol. The van der Waals surface area contributed by atoms with Gasteiger partial charge in [0, 0.05) is 30.7 Å². The smallest absolute Gasteiger partial charge is 0.265 e. The fourth-order valence-electron chi connectivity index (χ4n) is 4.87. The fraction of sp³-hybridized carbons (Fsp3) is 0.571. The Labute approximate surface area is 195 Å². The molecule has 0 aromatic carbocycles. The summed E-state index contributed by atoms with van der Waals surface area (Å²) in [4.78, 5) is 17.6. The number of hydrogen-bond donors (Lipinski definition) is 2. The van der Waals surface area contributed by atoms with Crippen molar-refractivity contribution in [3.05, 3.63) is 32.7 Å². The summed E-state index contributed by atoms with van der Waals surface area (Å²) >= 11 is 3.32. The highest BCUT2D eigenvalue weighted by molar-refractivity contribution is 9.10. The number of rotatable bonds is 4. The van der Waals surface area contributed by atoms with Crippen LogP contribution in [0.3, 0.4) is 0 Å². The Kier molecular flexibility index (Phi) is 6.09. The molecular weight excluding hydrogens is 498 g/mol. The lowest BCUT2D eigenvalue weighted by Crippen LogP contribution is -2.42. The van der Waals surface area contributed by atoms with Gasteiger partial charge in [0.2, 0.25) is 10.0 Å². The van der Waals surface area contributed by atoms with Gasteiger partial charge in [-0.05, 0) is 61.0 Å². The van der Waals surface area contributed by atoms with E-state index in [0.29, 0.717) is 60.0 Å². The van der Waals surface area contributed by atoms with Gasteiger partial charge in [-0.25, -0.2) is 17.7 Å². The second-order valence-electron chi connectivity index (χ2n) is 8.91. The van der Waals surface area contributed by atoms with Crippen LogP contribution in [0.4, 0.5) is 5.82 Å². The number of aromatic nitrogens is 2. The Morgan fingerprint density at radius 1 is 1.34 bits per heavy atom. The molecule has 2 fully saturated rings. The first-order valence-corrected chi connectivity index (χ1v) is 13.2. The molecule has 1 saturated carbocycles. The first kappa shape index (κ1) is 23.2. The minimum atomic E-state index is -3.23. The van der Waals surface area contributed by atoms with E-state index in [4.69, 9.17) is 0 Å². The molecule has 2 atom stereocenters.